The highest BCUT2D eigenvalue weighted by molar-refractivity contribution is 5.93. The first kappa shape index (κ1) is 9.17. The fourth-order valence-electron chi connectivity index (χ4n) is 0.775. The second-order valence-electron chi connectivity index (χ2n) is 2.41. The molecule has 0 aliphatic rings. The summed E-state index contributed by atoms with van der Waals surface area (Å²) in [6.07, 6.45) is 1.24. The van der Waals surface area contributed by atoms with Crippen molar-refractivity contribution in [3.8, 4) is 0 Å². The van der Waals surface area contributed by atoms with E-state index in [1.165, 1.54) is 13.2 Å². The lowest BCUT2D eigenvalue weighted by molar-refractivity contribution is -0.137. The average molecular weight is 184 g/mol. The van der Waals surface area contributed by atoms with E-state index in [1.54, 1.807) is 0 Å². The van der Waals surface area contributed by atoms with E-state index in [0.29, 0.717) is 0 Å². The van der Waals surface area contributed by atoms with Gasteiger partial charge >= 0.3 is 5.97 Å². The largest absolute Gasteiger partial charge is 0.480 e. The fourth-order valence-corrected chi connectivity index (χ4v) is 0.775. The van der Waals surface area contributed by atoms with Gasteiger partial charge in [0.2, 0.25) is 0 Å². The van der Waals surface area contributed by atoms with Crippen LogP contribution in [0.1, 0.15) is 10.5 Å². The van der Waals surface area contributed by atoms with Gasteiger partial charge in [0.15, 0.2) is 5.69 Å². The molecular formula is C6H8N4O3. The molecule has 1 aromatic heterocycles. The van der Waals surface area contributed by atoms with Gasteiger partial charge in [-0.05, 0) is 0 Å². The highest BCUT2D eigenvalue weighted by Crippen LogP contribution is 1.95. The summed E-state index contributed by atoms with van der Waals surface area (Å²) in [5.41, 5.74) is 0.101. The van der Waals surface area contributed by atoms with Crippen LogP contribution in [0.2, 0.25) is 0 Å². The number of nitrogens with one attached hydrogen (secondary N) is 1. The fraction of sp³-hybridized carbons (Fsp3) is 0.333. The van der Waals surface area contributed by atoms with Crippen LogP contribution >= 0.6 is 0 Å². The molecule has 7 nitrogen and oxygen atoms in total. The quantitative estimate of drug-likeness (QED) is 0.625. The van der Waals surface area contributed by atoms with Crippen molar-refractivity contribution in [2.45, 2.75) is 0 Å². The summed E-state index contributed by atoms with van der Waals surface area (Å²) in [4.78, 5) is 22.6. The van der Waals surface area contributed by atoms with Gasteiger partial charge in [-0.2, -0.15) is 15.4 Å². The number of aliphatic carboxylic acids is 1. The van der Waals surface area contributed by atoms with Crippen LogP contribution in [0.25, 0.3) is 0 Å². The number of hydrogen-bond donors (Lipinski definition) is 2. The van der Waals surface area contributed by atoms with E-state index in [2.05, 4.69) is 15.4 Å². The maximum absolute atomic E-state index is 11.3. The first-order valence-electron chi connectivity index (χ1n) is 3.44. The summed E-state index contributed by atoms with van der Waals surface area (Å²) in [5.74, 6) is -1.55. The molecule has 0 saturated heterocycles. The number of H-pyrrole nitrogens is 1. The van der Waals surface area contributed by atoms with E-state index in [-0.39, 0.29) is 12.2 Å². The minimum atomic E-state index is -1.07. The summed E-state index contributed by atoms with van der Waals surface area (Å²) in [6, 6.07) is 0. The SMILES string of the molecule is CN(CC(=O)O)C(=O)c1cn[nH]n1. The minimum Gasteiger partial charge on any atom is -0.480 e. The molecule has 70 valence electrons. The van der Waals surface area contributed by atoms with Gasteiger partial charge in [0.05, 0.1) is 6.20 Å². The molecule has 0 spiro atoms. The van der Waals surface area contributed by atoms with Gasteiger partial charge in [0.25, 0.3) is 5.91 Å². The molecule has 1 heterocycles. The summed E-state index contributed by atoms with van der Waals surface area (Å²) in [7, 11) is 1.38. The van der Waals surface area contributed by atoms with Crippen molar-refractivity contribution in [3.05, 3.63) is 11.9 Å². The normalized spacial score (nSPS) is 9.62. The van der Waals surface area contributed by atoms with Gasteiger partial charge in [-0.1, -0.05) is 0 Å². The Balaban J connectivity index is 2.63. The van der Waals surface area contributed by atoms with Crippen molar-refractivity contribution < 1.29 is 14.7 Å². The highest BCUT2D eigenvalue weighted by Gasteiger charge is 2.16. The van der Waals surface area contributed by atoms with Gasteiger partial charge in [-0.15, -0.1) is 0 Å². The summed E-state index contributed by atoms with van der Waals surface area (Å²) >= 11 is 0. The maximum atomic E-state index is 11.3. The van der Waals surface area contributed by atoms with Crippen LogP contribution in [-0.4, -0.2) is 50.9 Å². The number of carbonyl (C=O) groups excluding carboxylic acids is 1. The number of amides is 1. The van der Waals surface area contributed by atoms with Crippen molar-refractivity contribution in [3.63, 3.8) is 0 Å². The van der Waals surface area contributed by atoms with E-state index in [9.17, 15) is 9.59 Å². The van der Waals surface area contributed by atoms with Crippen LogP contribution < -0.4 is 0 Å². The number of hydrogen-bond acceptors (Lipinski definition) is 4. The standard InChI is InChI=1S/C6H8N4O3/c1-10(3-5(11)12)6(13)4-2-7-9-8-4/h2H,3H2,1H3,(H,11,12)(H,7,8,9). The molecule has 13 heavy (non-hydrogen) atoms. The molecule has 0 radical (unpaired) electrons. The number of aromatic amines is 1. The number of carboxylic acids is 1. The van der Waals surface area contributed by atoms with Crippen molar-refractivity contribution in [1.29, 1.82) is 0 Å². The number of carbonyl (C=O) groups is 2. The van der Waals surface area contributed by atoms with Crippen molar-refractivity contribution in [2.24, 2.45) is 0 Å². The lowest BCUT2D eigenvalue weighted by Crippen LogP contribution is -2.32. The lowest BCUT2D eigenvalue weighted by atomic mass is 10.4. The third kappa shape index (κ3) is 2.26. The molecule has 7 heteroatoms. The molecule has 0 saturated carbocycles. The first-order chi connectivity index (χ1) is 6.11. The van der Waals surface area contributed by atoms with Crippen molar-refractivity contribution >= 4 is 11.9 Å². The molecule has 1 amide bonds. The molecule has 0 fully saturated rings. The van der Waals surface area contributed by atoms with Crippen LogP contribution in [0.4, 0.5) is 0 Å². The third-order valence-electron chi connectivity index (χ3n) is 1.35. The lowest BCUT2D eigenvalue weighted by Gasteiger charge is -2.11. The van der Waals surface area contributed by atoms with Gasteiger partial charge < -0.3 is 10.0 Å². The smallest absolute Gasteiger partial charge is 0.323 e. The molecule has 0 aliphatic carbocycles. The van der Waals surface area contributed by atoms with E-state index in [4.69, 9.17) is 5.11 Å². The van der Waals surface area contributed by atoms with Crippen molar-refractivity contribution in [1.82, 2.24) is 20.3 Å². The Hall–Kier alpha value is -1.92. The molecule has 0 unspecified atom stereocenters. The Labute approximate surface area is 73.4 Å². The maximum Gasteiger partial charge on any atom is 0.323 e. The molecule has 0 bridgehead atoms. The van der Waals surface area contributed by atoms with E-state index >= 15 is 0 Å². The van der Waals surface area contributed by atoms with Crippen LogP contribution in [0.5, 0.6) is 0 Å². The van der Waals surface area contributed by atoms with Gasteiger partial charge in [0, 0.05) is 7.05 Å². The third-order valence-corrected chi connectivity index (χ3v) is 1.35. The summed E-state index contributed by atoms with van der Waals surface area (Å²) < 4.78 is 0. The van der Waals surface area contributed by atoms with E-state index in [0.717, 1.165) is 4.90 Å². The zero-order chi connectivity index (χ0) is 9.84. The molecule has 1 rings (SSSR count). The van der Waals surface area contributed by atoms with Crippen LogP contribution in [0.15, 0.2) is 6.20 Å². The van der Waals surface area contributed by atoms with Crippen molar-refractivity contribution in [2.75, 3.05) is 13.6 Å². The van der Waals surface area contributed by atoms with E-state index in [1.807, 2.05) is 0 Å². The Kier molecular flexibility index (Phi) is 2.58. The zero-order valence-corrected chi connectivity index (χ0v) is 6.89. The van der Waals surface area contributed by atoms with Crippen LogP contribution in [0.3, 0.4) is 0 Å². The second-order valence-corrected chi connectivity index (χ2v) is 2.41. The Morgan fingerprint density at radius 3 is 2.85 bits per heavy atom. The molecule has 0 aromatic carbocycles. The zero-order valence-electron chi connectivity index (χ0n) is 6.89. The second kappa shape index (κ2) is 3.65. The molecule has 2 N–H and O–H groups in total. The monoisotopic (exact) mass is 184 g/mol. The number of aromatic nitrogens is 3. The van der Waals surface area contributed by atoms with Gasteiger partial charge in [-0.3, -0.25) is 9.59 Å². The first-order valence-corrected chi connectivity index (χ1v) is 3.44. The molecule has 0 aliphatic heterocycles. The van der Waals surface area contributed by atoms with Crippen LogP contribution in [-0.2, 0) is 4.79 Å². The van der Waals surface area contributed by atoms with Gasteiger partial charge in [-0.25, -0.2) is 0 Å². The summed E-state index contributed by atoms with van der Waals surface area (Å²) in [6.45, 7) is -0.355. The topological polar surface area (TPSA) is 99.2 Å². The Bertz CT molecular complexity index is 308. The van der Waals surface area contributed by atoms with Crippen LogP contribution in [0, 0.1) is 0 Å². The van der Waals surface area contributed by atoms with E-state index < -0.39 is 11.9 Å². The molecular weight excluding hydrogens is 176 g/mol. The minimum absolute atomic E-state index is 0.101. The number of likely N-dealkylation sites (N-methyl/N-ethyl adjacent to an activating group) is 1. The molecule has 1 aromatic rings. The number of rotatable bonds is 3. The highest BCUT2D eigenvalue weighted by atomic mass is 16.4. The Morgan fingerprint density at radius 1 is 1.69 bits per heavy atom. The predicted molar refractivity (Wildman–Crippen MR) is 41.0 cm³/mol. The molecule has 0 atom stereocenters. The summed E-state index contributed by atoms with van der Waals surface area (Å²) in [5, 5.41) is 17.6. The average Bonchev–Trinajstić information content (AvgIpc) is 2.53. The van der Waals surface area contributed by atoms with Gasteiger partial charge in [0.1, 0.15) is 6.54 Å². The number of nitrogens with zero attached hydrogens (tertiary/aromatic N) is 3. The Morgan fingerprint density at radius 2 is 2.38 bits per heavy atom. The predicted octanol–water partition coefficient (Wildman–Crippen LogP) is -1.04. The number of carboxylic acid groups (broad SMARTS) is 1.